The zero-order valence-electron chi connectivity index (χ0n) is 14.6. The van der Waals surface area contributed by atoms with E-state index in [4.69, 9.17) is 14.1 Å². The summed E-state index contributed by atoms with van der Waals surface area (Å²) in [5.74, 6) is 3.15. The van der Waals surface area contributed by atoms with E-state index >= 15 is 0 Å². The number of nitrogens with zero attached hydrogens (tertiary/aromatic N) is 1. The Labute approximate surface area is 149 Å². The maximum atomic E-state index is 5.70. The third-order valence-corrected chi connectivity index (χ3v) is 6.16. The number of hydrogen-bond acceptors (Lipinski definition) is 4. The molecule has 6 heteroatoms. The molecular weight excluding hydrogens is 322 g/mol. The Balaban J connectivity index is 1.50. The van der Waals surface area contributed by atoms with E-state index in [1.54, 1.807) is 6.26 Å². The molecule has 5 nitrogen and oxygen atoms in total. The lowest BCUT2D eigenvalue weighted by atomic mass is 10.1. The highest BCUT2D eigenvalue weighted by atomic mass is 32.2. The van der Waals surface area contributed by atoms with Crippen LogP contribution in [0.2, 0.25) is 0 Å². The van der Waals surface area contributed by atoms with E-state index in [1.165, 1.54) is 25.0 Å². The molecule has 134 valence electrons. The minimum absolute atomic E-state index is 0.291. The summed E-state index contributed by atoms with van der Waals surface area (Å²) in [6, 6.07) is 3.94. The summed E-state index contributed by atoms with van der Waals surface area (Å²) in [6.45, 7) is 5.72. The summed E-state index contributed by atoms with van der Waals surface area (Å²) >= 11 is 2.05. The van der Waals surface area contributed by atoms with Gasteiger partial charge in [0, 0.05) is 30.9 Å². The predicted molar refractivity (Wildman–Crippen MR) is 99.8 cm³/mol. The van der Waals surface area contributed by atoms with Gasteiger partial charge in [-0.25, -0.2) is 0 Å². The average molecular weight is 352 g/mol. The summed E-state index contributed by atoms with van der Waals surface area (Å²) in [7, 11) is 0. The second-order valence-corrected chi connectivity index (χ2v) is 8.52. The molecule has 2 N–H and O–H groups in total. The Bertz CT molecular complexity index is 506. The molecule has 2 fully saturated rings. The van der Waals surface area contributed by atoms with Crippen molar-refractivity contribution in [2.45, 2.75) is 49.9 Å². The van der Waals surface area contributed by atoms with E-state index in [0.717, 1.165) is 50.8 Å². The van der Waals surface area contributed by atoms with Crippen LogP contribution in [0.25, 0.3) is 0 Å². The van der Waals surface area contributed by atoms with E-state index in [9.17, 15) is 0 Å². The van der Waals surface area contributed by atoms with Gasteiger partial charge < -0.3 is 19.8 Å². The van der Waals surface area contributed by atoms with Crippen molar-refractivity contribution in [1.82, 2.24) is 10.6 Å². The van der Waals surface area contributed by atoms with Gasteiger partial charge in [-0.1, -0.05) is 0 Å². The highest BCUT2D eigenvalue weighted by molar-refractivity contribution is 8.00. The highest BCUT2D eigenvalue weighted by Gasteiger charge is 2.29. The van der Waals surface area contributed by atoms with Gasteiger partial charge in [0.1, 0.15) is 5.76 Å². The lowest BCUT2D eigenvalue weighted by Crippen LogP contribution is -2.42. The number of hydrogen-bond donors (Lipinski definition) is 2. The van der Waals surface area contributed by atoms with Crippen molar-refractivity contribution < 1.29 is 9.15 Å². The molecule has 0 saturated carbocycles. The van der Waals surface area contributed by atoms with Gasteiger partial charge in [0.05, 0.1) is 18.9 Å². The summed E-state index contributed by atoms with van der Waals surface area (Å²) in [5, 5.41) is 6.89. The molecule has 0 bridgehead atoms. The summed E-state index contributed by atoms with van der Waals surface area (Å²) in [6.07, 6.45) is 7.77. The van der Waals surface area contributed by atoms with Crippen LogP contribution in [0.5, 0.6) is 0 Å². The van der Waals surface area contributed by atoms with E-state index < -0.39 is 0 Å². The van der Waals surface area contributed by atoms with Crippen molar-refractivity contribution in [2.24, 2.45) is 4.99 Å². The molecule has 2 aliphatic rings. The number of thioether (sulfide) groups is 1. The molecule has 1 aromatic heterocycles. The lowest BCUT2D eigenvalue weighted by Gasteiger charge is -2.21. The van der Waals surface area contributed by atoms with Crippen LogP contribution in [0.3, 0.4) is 0 Å². The molecular formula is C18H29N3O2S. The van der Waals surface area contributed by atoms with Crippen LogP contribution < -0.4 is 10.6 Å². The SMILES string of the molecule is CC1(CN=C(NCCc2ccco2)NCC2CCCO2)CCCS1. The summed E-state index contributed by atoms with van der Waals surface area (Å²) in [4.78, 5) is 4.84. The average Bonchev–Trinajstić information content (AvgIpc) is 3.32. The van der Waals surface area contributed by atoms with Crippen LogP contribution in [0.15, 0.2) is 27.8 Å². The second kappa shape index (κ2) is 8.81. The quantitative estimate of drug-likeness (QED) is 0.584. The van der Waals surface area contributed by atoms with Gasteiger partial charge in [0.15, 0.2) is 5.96 Å². The zero-order valence-corrected chi connectivity index (χ0v) is 15.4. The van der Waals surface area contributed by atoms with Crippen molar-refractivity contribution in [3.8, 4) is 0 Å². The number of aliphatic imine (C=N–C) groups is 1. The van der Waals surface area contributed by atoms with Crippen molar-refractivity contribution in [3.05, 3.63) is 24.2 Å². The first-order chi connectivity index (χ1) is 11.7. The molecule has 2 aliphatic heterocycles. The highest BCUT2D eigenvalue weighted by Crippen LogP contribution is 2.37. The predicted octanol–water partition coefficient (Wildman–Crippen LogP) is 2.82. The van der Waals surface area contributed by atoms with Crippen molar-refractivity contribution in [1.29, 1.82) is 0 Å². The van der Waals surface area contributed by atoms with Gasteiger partial charge in [-0.05, 0) is 50.5 Å². The van der Waals surface area contributed by atoms with E-state index in [2.05, 4.69) is 17.6 Å². The van der Waals surface area contributed by atoms with Crippen LogP contribution in [0.1, 0.15) is 38.4 Å². The number of guanidine groups is 1. The molecule has 0 spiro atoms. The molecule has 1 aromatic rings. The number of rotatable bonds is 7. The molecule has 3 rings (SSSR count). The fraction of sp³-hybridized carbons (Fsp3) is 0.722. The lowest BCUT2D eigenvalue weighted by molar-refractivity contribution is 0.114. The van der Waals surface area contributed by atoms with Gasteiger partial charge >= 0.3 is 0 Å². The van der Waals surface area contributed by atoms with Crippen molar-refractivity contribution in [2.75, 3.05) is 32.0 Å². The van der Waals surface area contributed by atoms with Crippen molar-refractivity contribution >= 4 is 17.7 Å². The van der Waals surface area contributed by atoms with Crippen LogP contribution in [-0.2, 0) is 11.2 Å². The molecule has 0 amide bonds. The largest absolute Gasteiger partial charge is 0.469 e. The molecule has 3 heterocycles. The Morgan fingerprint density at radius 3 is 3.08 bits per heavy atom. The smallest absolute Gasteiger partial charge is 0.191 e. The first-order valence-corrected chi connectivity index (χ1v) is 10.0. The third-order valence-electron chi connectivity index (χ3n) is 4.64. The Morgan fingerprint density at radius 2 is 2.38 bits per heavy atom. The minimum atomic E-state index is 0.291. The van der Waals surface area contributed by atoms with Crippen molar-refractivity contribution in [3.63, 3.8) is 0 Å². The number of nitrogens with one attached hydrogen (secondary N) is 2. The zero-order chi connectivity index (χ0) is 16.7. The fourth-order valence-corrected chi connectivity index (χ4v) is 4.38. The third kappa shape index (κ3) is 5.45. The molecule has 0 radical (unpaired) electrons. The number of furan rings is 1. The van der Waals surface area contributed by atoms with Crippen LogP contribution >= 0.6 is 11.8 Å². The summed E-state index contributed by atoms with van der Waals surface area (Å²) < 4.78 is 11.4. The summed E-state index contributed by atoms with van der Waals surface area (Å²) in [5.41, 5.74) is 0. The fourth-order valence-electron chi connectivity index (χ4n) is 3.16. The monoisotopic (exact) mass is 351 g/mol. The first-order valence-electron chi connectivity index (χ1n) is 9.04. The van der Waals surface area contributed by atoms with Crippen LogP contribution in [-0.4, -0.2) is 48.8 Å². The van der Waals surface area contributed by atoms with E-state index in [0.29, 0.717) is 10.9 Å². The minimum Gasteiger partial charge on any atom is -0.469 e. The van der Waals surface area contributed by atoms with Crippen LogP contribution in [0.4, 0.5) is 0 Å². The molecule has 24 heavy (non-hydrogen) atoms. The van der Waals surface area contributed by atoms with E-state index in [1.807, 2.05) is 23.9 Å². The Morgan fingerprint density at radius 1 is 1.42 bits per heavy atom. The standard InChI is InChI=1S/C18H29N3O2S/c1-18(8-4-12-24-18)14-21-17(20-13-16-6-3-11-23-16)19-9-7-15-5-2-10-22-15/h2,5,10,16H,3-4,6-9,11-14H2,1H3,(H2,19,20,21). The topological polar surface area (TPSA) is 58.8 Å². The molecule has 0 aliphatic carbocycles. The molecule has 2 atom stereocenters. The van der Waals surface area contributed by atoms with Gasteiger partial charge in [-0.15, -0.1) is 0 Å². The van der Waals surface area contributed by atoms with E-state index in [-0.39, 0.29) is 0 Å². The molecule has 2 saturated heterocycles. The van der Waals surface area contributed by atoms with Gasteiger partial charge in [0.2, 0.25) is 0 Å². The first kappa shape index (κ1) is 17.7. The van der Waals surface area contributed by atoms with Gasteiger partial charge in [-0.2, -0.15) is 11.8 Å². The molecule has 0 aromatic carbocycles. The maximum Gasteiger partial charge on any atom is 0.191 e. The molecule has 2 unspecified atom stereocenters. The Hall–Kier alpha value is -1.14. The van der Waals surface area contributed by atoms with Crippen LogP contribution in [0, 0.1) is 0 Å². The Kier molecular flexibility index (Phi) is 6.49. The normalized spacial score (nSPS) is 27.5. The second-order valence-electron chi connectivity index (χ2n) is 6.84. The van der Waals surface area contributed by atoms with Gasteiger partial charge in [0.25, 0.3) is 0 Å². The van der Waals surface area contributed by atoms with Gasteiger partial charge in [-0.3, -0.25) is 4.99 Å². The maximum absolute atomic E-state index is 5.70. The number of ether oxygens (including phenoxy) is 1.